The van der Waals surface area contributed by atoms with Gasteiger partial charge in [-0.05, 0) is 33.0 Å². The normalized spacial score (nSPS) is 10.9. The molecule has 0 aliphatic rings. The summed E-state index contributed by atoms with van der Waals surface area (Å²) in [5, 5.41) is 1.13. The van der Waals surface area contributed by atoms with Gasteiger partial charge in [-0.2, -0.15) is 0 Å². The van der Waals surface area contributed by atoms with E-state index >= 15 is 0 Å². The maximum atomic E-state index is 3.43. The van der Waals surface area contributed by atoms with Gasteiger partial charge in [0.05, 0.1) is 0 Å². The van der Waals surface area contributed by atoms with Gasteiger partial charge in [-0.1, -0.05) is 35.7 Å². The van der Waals surface area contributed by atoms with Gasteiger partial charge in [-0.25, -0.2) is 0 Å². The highest BCUT2D eigenvalue weighted by atomic mass is 79.9. The van der Waals surface area contributed by atoms with Crippen LogP contribution in [-0.4, -0.2) is 30.4 Å². The van der Waals surface area contributed by atoms with Crippen molar-refractivity contribution in [1.82, 2.24) is 4.90 Å². The Hall–Kier alpha value is 0.440. The van der Waals surface area contributed by atoms with E-state index in [0.29, 0.717) is 0 Å². The zero-order valence-electron chi connectivity index (χ0n) is 7.77. The number of rotatable bonds is 7. The predicted molar refractivity (Wildman–Crippen MR) is 55.4 cm³/mol. The molecule has 0 aromatic heterocycles. The topological polar surface area (TPSA) is 3.24 Å². The maximum Gasteiger partial charge on any atom is 0.00434 e. The molecule has 0 aromatic carbocycles. The largest absolute Gasteiger partial charge is 0.306 e. The van der Waals surface area contributed by atoms with E-state index < -0.39 is 0 Å². The summed E-state index contributed by atoms with van der Waals surface area (Å²) < 4.78 is 0. The van der Waals surface area contributed by atoms with Gasteiger partial charge >= 0.3 is 0 Å². The van der Waals surface area contributed by atoms with Crippen LogP contribution in [-0.2, 0) is 0 Å². The quantitative estimate of drug-likeness (QED) is 0.473. The van der Waals surface area contributed by atoms with E-state index in [-0.39, 0.29) is 0 Å². The Morgan fingerprint density at radius 3 is 2.27 bits per heavy atom. The number of unbranched alkanes of at least 4 members (excludes halogenated alkanes) is 2. The molecule has 0 atom stereocenters. The fraction of sp³-hybridized carbons (Fsp3) is 1.00. The Morgan fingerprint density at radius 1 is 1.09 bits per heavy atom. The van der Waals surface area contributed by atoms with Crippen molar-refractivity contribution in [2.24, 2.45) is 0 Å². The first kappa shape index (κ1) is 11.4. The molecule has 2 heteroatoms. The molecule has 0 fully saturated rings. The Morgan fingerprint density at radius 2 is 1.73 bits per heavy atom. The summed E-state index contributed by atoms with van der Waals surface area (Å²) in [6.07, 6.45) is 5.32. The average molecular weight is 222 g/mol. The fourth-order valence-electron chi connectivity index (χ4n) is 1.07. The SMILES string of the molecule is CCCCCN(C)CCCBr. The van der Waals surface area contributed by atoms with Gasteiger partial charge in [-0.15, -0.1) is 0 Å². The minimum atomic E-state index is 1.13. The first-order valence-electron chi connectivity index (χ1n) is 4.55. The molecule has 0 aliphatic heterocycles. The molecule has 0 spiro atoms. The van der Waals surface area contributed by atoms with E-state index in [1.54, 1.807) is 0 Å². The van der Waals surface area contributed by atoms with Crippen LogP contribution < -0.4 is 0 Å². The van der Waals surface area contributed by atoms with Gasteiger partial charge < -0.3 is 4.90 Å². The number of nitrogens with zero attached hydrogens (tertiary/aromatic N) is 1. The number of alkyl halides is 1. The minimum Gasteiger partial charge on any atom is -0.306 e. The van der Waals surface area contributed by atoms with E-state index in [0.717, 1.165) is 5.33 Å². The van der Waals surface area contributed by atoms with Crippen LogP contribution in [0.2, 0.25) is 0 Å². The summed E-state index contributed by atoms with van der Waals surface area (Å²) >= 11 is 3.43. The maximum absolute atomic E-state index is 3.43. The smallest absolute Gasteiger partial charge is 0.00434 e. The summed E-state index contributed by atoms with van der Waals surface area (Å²) in [6, 6.07) is 0. The van der Waals surface area contributed by atoms with Crippen LogP contribution in [0.5, 0.6) is 0 Å². The van der Waals surface area contributed by atoms with Crippen LogP contribution in [0.25, 0.3) is 0 Å². The summed E-state index contributed by atoms with van der Waals surface area (Å²) in [4.78, 5) is 2.41. The van der Waals surface area contributed by atoms with Gasteiger partial charge in [0.1, 0.15) is 0 Å². The van der Waals surface area contributed by atoms with Crippen LogP contribution in [0.3, 0.4) is 0 Å². The molecule has 11 heavy (non-hydrogen) atoms. The summed E-state index contributed by atoms with van der Waals surface area (Å²) in [5.41, 5.74) is 0. The van der Waals surface area contributed by atoms with Gasteiger partial charge in [0, 0.05) is 5.33 Å². The van der Waals surface area contributed by atoms with Gasteiger partial charge in [0.15, 0.2) is 0 Å². The van der Waals surface area contributed by atoms with E-state index in [9.17, 15) is 0 Å². The molecule has 0 saturated heterocycles. The molecule has 0 saturated carbocycles. The van der Waals surface area contributed by atoms with E-state index in [1.807, 2.05) is 0 Å². The third-order valence-electron chi connectivity index (χ3n) is 1.82. The van der Waals surface area contributed by atoms with Crippen molar-refractivity contribution in [3.05, 3.63) is 0 Å². The van der Waals surface area contributed by atoms with Crippen molar-refractivity contribution in [1.29, 1.82) is 0 Å². The summed E-state index contributed by atoms with van der Waals surface area (Å²) in [6.45, 7) is 4.74. The van der Waals surface area contributed by atoms with Gasteiger partial charge in [-0.3, -0.25) is 0 Å². The molecule has 0 heterocycles. The molecule has 0 bridgehead atoms. The monoisotopic (exact) mass is 221 g/mol. The fourth-order valence-corrected chi connectivity index (χ4v) is 1.32. The summed E-state index contributed by atoms with van der Waals surface area (Å²) in [7, 11) is 2.21. The molecule has 68 valence electrons. The lowest BCUT2D eigenvalue weighted by molar-refractivity contribution is 0.327. The number of hydrogen-bond acceptors (Lipinski definition) is 1. The summed E-state index contributed by atoms with van der Waals surface area (Å²) in [5.74, 6) is 0. The Balaban J connectivity index is 3.02. The minimum absolute atomic E-state index is 1.13. The molecular weight excluding hydrogens is 202 g/mol. The lowest BCUT2D eigenvalue weighted by Crippen LogP contribution is -2.21. The average Bonchev–Trinajstić information content (AvgIpc) is 2.01. The molecular formula is C9H20BrN. The Kier molecular flexibility index (Phi) is 8.88. The lowest BCUT2D eigenvalue weighted by atomic mass is 10.2. The molecule has 0 unspecified atom stereocenters. The number of halogens is 1. The van der Waals surface area contributed by atoms with Crippen molar-refractivity contribution >= 4 is 15.9 Å². The highest BCUT2D eigenvalue weighted by molar-refractivity contribution is 9.09. The van der Waals surface area contributed by atoms with Crippen LogP contribution >= 0.6 is 15.9 Å². The van der Waals surface area contributed by atoms with Crippen LogP contribution in [0.1, 0.15) is 32.6 Å². The van der Waals surface area contributed by atoms with E-state index in [4.69, 9.17) is 0 Å². The first-order chi connectivity index (χ1) is 5.31. The van der Waals surface area contributed by atoms with Gasteiger partial charge in [0.2, 0.25) is 0 Å². The third-order valence-corrected chi connectivity index (χ3v) is 2.38. The second-order valence-electron chi connectivity index (χ2n) is 3.05. The Bertz CT molecular complexity index is 76.0. The lowest BCUT2D eigenvalue weighted by Gasteiger charge is -2.14. The molecule has 1 nitrogen and oxygen atoms in total. The van der Waals surface area contributed by atoms with Crippen molar-refractivity contribution in [2.75, 3.05) is 25.5 Å². The molecule has 0 N–H and O–H groups in total. The molecule has 0 aliphatic carbocycles. The highest BCUT2D eigenvalue weighted by Crippen LogP contribution is 1.97. The standard InChI is InChI=1S/C9H20BrN/c1-3-4-5-8-11(2)9-6-7-10/h3-9H2,1-2H3. The molecule has 0 rings (SSSR count). The first-order valence-corrected chi connectivity index (χ1v) is 5.68. The van der Waals surface area contributed by atoms with E-state index in [2.05, 4.69) is 34.8 Å². The Labute approximate surface area is 79.3 Å². The highest BCUT2D eigenvalue weighted by Gasteiger charge is 1.95. The second-order valence-corrected chi connectivity index (χ2v) is 3.85. The zero-order chi connectivity index (χ0) is 8.53. The molecule has 0 aromatic rings. The van der Waals surface area contributed by atoms with E-state index in [1.165, 1.54) is 38.8 Å². The van der Waals surface area contributed by atoms with Crippen molar-refractivity contribution in [3.63, 3.8) is 0 Å². The van der Waals surface area contributed by atoms with Crippen molar-refractivity contribution in [3.8, 4) is 0 Å². The predicted octanol–water partition coefficient (Wildman–Crippen LogP) is 2.89. The number of hydrogen-bond donors (Lipinski definition) is 0. The van der Waals surface area contributed by atoms with Crippen LogP contribution in [0.15, 0.2) is 0 Å². The van der Waals surface area contributed by atoms with Crippen LogP contribution in [0.4, 0.5) is 0 Å². The van der Waals surface area contributed by atoms with Crippen molar-refractivity contribution < 1.29 is 0 Å². The second kappa shape index (κ2) is 8.54. The van der Waals surface area contributed by atoms with Crippen molar-refractivity contribution in [2.45, 2.75) is 32.6 Å². The third kappa shape index (κ3) is 8.35. The van der Waals surface area contributed by atoms with Crippen LogP contribution in [0, 0.1) is 0 Å². The zero-order valence-corrected chi connectivity index (χ0v) is 9.36. The van der Waals surface area contributed by atoms with Gasteiger partial charge in [0.25, 0.3) is 0 Å². The molecule has 0 radical (unpaired) electrons. The molecule has 0 amide bonds.